The highest BCUT2D eigenvalue weighted by Gasteiger charge is 2.11. The molecule has 0 saturated heterocycles. The second-order valence-electron chi connectivity index (χ2n) is 4.38. The minimum atomic E-state index is 0.667. The largest absolute Gasteiger partial charge is 0.330 e. The van der Waals surface area contributed by atoms with E-state index in [1.165, 1.54) is 0 Å². The molecule has 0 aliphatic rings. The molecule has 2 N–H and O–H groups in total. The fourth-order valence-corrected chi connectivity index (χ4v) is 2.68. The minimum Gasteiger partial charge on any atom is -0.330 e. The normalized spacial score (nSPS) is 13.4. The molecule has 2 aromatic rings. The lowest BCUT2D eigenvalue weighted by molar-refractivity contribution is 0.498. The SMILES string of the molecule is CCc1nnc2sc(CCC(C)CCN)nn12. The van der Waals surface area contributed by atoms with Crippen molar-refractivity contribution < 1.29 is 0 Å². The number of nitrogens with two attached hydrogens (primary N) is 1. The Morgan fingerprint density at radius 1 is 1.35 bits per heavy atom. The summed E-state index contributed by atoms with van der Waals surface area (Å²) in [7, 11) is 0. The maximum atomic E-state index is 5.55. The van der Waals surface area contributed by atoms with Gasteiger partial charge in [0.25, 0.3) is 0 Å². The van der Waals surface area contributed by atoms with E-state index in [2.05, 4.69) is 29.1 Å². The Bertz CT molecular complexity index is 475. The smallest absolute Gasteiger partial charge is 0.234 e. The van der Waals surface area contributed by atoms with Crippen molar-refractivity contribution in [3.05, 3.63) is 10.8 Å². The van der Waals surface area contributed by atoms with Crippen LogP contribution in [0.4, 0.5) is 0 Å². The maximum Gasteiger partial charge on any atom is 0.234 e. The fourth-order valence-electron chi connectivity index (χ4n) is 1.82. The van der Waals surface area contributed by atoms with Gasteiger partial charge in [0.15, 0.2) is 5.82 Å². The Balaban J connectivity index is 2.02. The molecule has 1 atom stereocenters. The standard InChI is InChI=1S/C11H19N5S/c1-3-9-13-14-11-16(9)15-10(17-11)5-4-8(2)6-7-12/h8H,3-7,12H2,1-2H3. The van der Waals surface area contributed by atoms with Gasteiger partial charge < -0.3 is 5.73 Å². The van der Waals surface area contributed by atoms with Crippen LogP contribution in [0.3, 0.4) is 0 Å². The van der Waals surface area contributed by atoms with Gasteiger partial charge in [0.1, 0.15) is 5.01 Å². The third kappa shape index (κ3) is 2.81. The Morgan fingerprint density at radius 2 is 2.18 bits per heavy atom. The van der Waals surface area contributed by atoms with Crippen LogP contribution in [-0.2, 0) is 12.8 Å². The van der Waals surface area contributed by atoms with Crippen LogP contribution >= 0.6 is 11.3 Å². The van der Waals surface area contributed by atoms with E-state index in [1.807, 2.05) is 4.52 Å². The molecule has 94 valence electrons. The summed E-state index contributed by atoms with van der Waals surface area (Å²) in [5, 5.41) is 13.9. The van der Waals surface area contributed by atoms with E-state index < -0.39 is 0 Å². The van der Waals surface area contributed by atoms with Crippen molar-refractivity contribution in [2.45, 2.75) is 39.5 Å². The lowest BCUT2D eigenvalue weighted by atomic mass is 10.0. The molecule has 0 bridgehead atoms. The Kier molecular flexibility index (Phi) is 4.06. The van der Waals surface area contributed by atoms with Crippen molar-refractivity contribution in [2.24, 2.45) is 11.7 Å². The molecule has 5 nitrogen and oxygen atoms in total. The van der Waals surface area contributed by atoms with E-state index in [-0.39, 0.29) is 0 Å². The molecule has 2 aromatic heterocycles. The van der Waals surface area contributed by atoms with Gasteiger partial charge in [-0.1, -0.05) is 25.2 Å². The molecule has 0 fully saturated rings. The van der Waals surface area contributed by atoms with Gasteiger partial charge in [0.2, 0.25) is 4.96 Å². The van der Waals surface area contributed by atoms with Crippen LogP contribution < -0.4 is 5.73 Å². The molecular weight excluding hydrogens is 234 g/mol. The van der Waals surface area contributed by atoms with Crippen molar-refractivity contribution in [1.29, 1.82) is 0 Å². The second kappa shape index (κ2) is 5.55. The summed E-state index contributed by atoms with van der Waals surface area (Å²) in [5.41, 5.74) is 5.55. The van der Waals surface area contributed by atoms with E-state index >= 15 is 0 Å². The lowest BCUT2D eigenvalue weighted by Crippen LogP contribution is -2.06. The molecule has 2 rings (SSSR count). The first-order valence-corrected chi connectivity index (χ1v) is 6.96. The van der Waals surface area contributed by atoms with Crippen LogP contribution in [0.1, 0.15) is 37.5 Å². The van der Waals surface area contributed by atoms with Crippen molar-refractivity contribution in [1.82, 2.24) is 19.8 Å². The molecule has 0 aliphatic carbocycles. The average molecular weight is 253 g/mol. The average Bonchev–Trinajstić information content (AvgIpc) is 2.85. The number of hydrogen-bond donors (Lipinski definition) is 1. The molecule has 0 aromatic carbocycles. The van der Waals surface area contributed by atoms with Crippen LogP contribution in [0.5, 0.6) is 0 Å². The Morgan fingerprint density at radius 3 is 2.88 bits per heavy atom. The predicted molar refractivity (Wildman–Crippen MR) is 69.2 cm³/mol. The van der Waals surface area contributed by atoms with Crippen molar-refractivity contribution in [3.8, 4) is 0 Å². The molecule has 0 saturated carbocycles. The minimum absolute atomic E-state index is 0.667. The van der Waals surface area contributed by atoms with Crippen LogP contribution in [0.25, 0.3) is 4.96 Å². The highest BCUT2D eigenvalue weighted by atomic mass is 32.1. The lowest BCUT2D eigenvalue weighted by Gasteiger charge is -2.07. The van der Waals surface area contributed by atoms with Gasteiger partial charge in [-0.3, -0.25) is 0 Å². The van der Waals surface area contributed by atoms with Gasteiger partial charge in [-0.15, -0.1) is 10.2 Å². The molecule has 17 heavy (non-hydrogen) atoms. The molecule has 0 amide bonds. The molecular formula is C11H19N5S. The maximum absolute atomic E-state index is 5.55. The topological polar surface area (TPSA) is 69.1 Å². The van der Waals surface area contributed by atoms with E-state index in [1.54, 1.807) is 11.3 Å². The summed E-state index contributed by atoms with van der Waals surface area (Å²) >= 11 is 1.64. The summed E-state index contributed by atoms with van der Waals surface area (Å²) in [6.07, 6.45) is 4.11. The number of aromatic nitrogens is 4. The summed E-state index contributed by atoms with van der Waals surface area (Å²) in [4.78, 5) is 0.906. The molecule has 6 heteroatoms. The first-order chi connectivity index (χ1) is 8.24. The second-order valence-corrected chi connectivity index (χ2v) is 5.42. The molecule has 0 spiro atoms. The van der Waals surface area contributed by atoms with Crippen LogP contribution in [0.2, 0.25) is 0 Å². The highest BCUT2D eigenvalue weighted by Crippen LogP contribution is 2.18. The summed E-state index contributed by atoms with van der Waals surface area (Å²) in [6, 6.07) is 0. The first-order valence-electron chi connectivity index (χ1n) is 6.14. The van der Waals surface area contributed by atoms with Gasteiger partial charge in [-0.2, -0.15) is 9.61 Å². The van der Waals surface area contributed by atoms with E-state index in [4.69, 9.17) is 5.73 Å². The van der Waals surface area contributed by atoms with Gasteiger partial charge >= 0.3 is 0 Å². The van der Waals surface area contributed by atoms with Crippen LogP contribution in [0, 0.1) is 5.92 Å². The zero-order valence-corrected chi connectivity index (χ0v) is 11.2. The van der Waals surface area contributed by atoms with Gasteiger partial charge in [0, 0.05) is 12.8 Å². The van der Waals surface area contributed by atoms with Crippen LogP contribution in [0.15, 0.2) is 0 Å². The highest BCUT2D eigenvalue weighted by molar-refractivity contribution is 7.16. The predicted octanol–water partition coefficient (Wildman–Crippen LogP) is 1.67. The van der Waals surface area contributed by atoms with Crippen LogP contribution in [-0.4, -0.2) is 26.4 Å². The Hall–Kier alpha value is -1.01. The number of rotatable bonds is 6. The quantitative estimate of drug-likeness (QED) is 0.850. The van der Waals surface area contributed by atoms with Gasteiger partial charge in [-0.05, 0) is 25.3 Å². The molecule has 2 heterocycles. The number of aryl methyl sites for hydroxylation is 2. The van der Waals surface area contributed by atoms with Gasteiger partial charge in [0.05, 0.1) is 0 Å². The van der Waals surface area contributed by atoms with Crippen molar-refractivity contribution in [3.63, 3.8) is 0 Å². The van der Waals surface area contributed by atoms with E-state index in [9.17, 15) is 0 Å². The molecule has 0 aliphatic heterocycles. The monoisotopic (exact) mass is 253 g/mol. The van der Waals surface area contributed by atoms with Crippen molar-refractivity contribution >= 4 is 16.3 Å². The first kappa shape index (κ1) is 12.4. The van der Waals surface area contributed by atoms with E-state index in [0.29, 0.717) is 5.92 Å². The number of hydrogen-bond acceptors (Lipinski definition) is 5. The third-order valence-corrected chi connectivity index (χ3v) is 3.88. The van der Waals surface area contributed by atoms with Gasteiger partial charge in [-0.25, -0.2) is 0 Å². The molecule has 0 radical (unpaired) electrons. The Labute approximate surface area is 105 Å². The molecule has 1 unspecified atom stereocenters. The third-order valence-electron chi connectivity index (χ3n) is 2.92. The number of fused-ring (bicyclic) bond motifs is 1. The zero-order chi connectivity index (χ0) is 12.3. The number of nitrogens with zero attached hydrogens (tertiary/aromatic N) is 4. The summed E-state index contributed by atoms with van der Waals surface area (Å²) < 4.78 is 1.87. The van der Waals surface area contributed by atoms with E-state index in [0.717, 1.165) is 48.0 Å². The summed E-state index contributed by atoms with van der Waals surface area (Å²) in [6.45, 7) is 5.08. The fraction of sp³-hybridized carbons (Fsp3) is 0.727. The summed E-state index contributed by atoms with van der Waals surface area (Å²) in [5.74, 6) is 1.61. The van der Waals surface area contributed by atoms with Crippen molar-refractivity contribution in [2.75, 3.05) is 6.54 Å². The zero-order valence-electron chi connectivity index (χ0n) is 10.4.